The monoisotopic (exact) mass is 282 g/mol. The van der Waals surface area contributed by atoms with Gasteiger partial charge < -0.3 is 4.52 Å². The van der Waals surface area contributed by atoms with Crippen LogP contribution < -0.4 is 0 Å². The van der Waals surface area contributed by atoms with E-state index in [-0.39, 0.29) is 11.7 Å². The van der Waals surface area contributed by atoms with Crippen LogP contribution in [0.2, 0.25) is 0 Å². The second kappa shape index (κ2) is 7.08. The van der Waals surface area contributed by atoms with E-state index in [4.69, 9.17) is 4.52 Å². The van der Waals surface area contributed by atoms with Crippen molar-refractivity contribution in [2.45, 2.75) is 57.6 Å². The number of ketones is 1. The SMILES string of the molecule is CC(C)CSCc1noc(C2CCCCCC2=O)n1. The van der Waals surface area contributed by atoms with Crippen LogP contribution in [0.25, 0.3) is 0 Å². The quantitative estimate of drug-likeness (QED) is 0.773. The van der Waals surface area contributed by atoms with Crippen LogP contribution in [0.3, 0.4) is 0 Å². The molecule has 0 aromatic carbocycles. The highest BCUT2D eigenvalue weighted by molar-refractivity contribution is 7.98. The molecule has 0 bridgehead atoms. The van der Waals surface area contributed by atoms with Crippen LogP contribution in [0.1, 0.15) is 63.6 Å². The third kappa shape index (κ3) is 4.34. The second-order valence-corrected chi connectivity index (χ2v) is 6.61. The van der Waals surface area contributed by atoms with Crippen molar-refractivity contribution in [3.8, 4) is 0 Å². The molecule has 1 aliphatic rings. The van der Waals surface area contributed by atoms with E-state index in [0.717, 1.165) is 43.0 Å². The van der Waals surface area contributed by atoms with Crippen molar-refractivity contribution >= 4 is 17.5 Å². The topological polar surface area (TPSA) is 56.0 Å². The van der Waals surface area contributed by atoms with Gasteiger partial charge in [0.25, 0.3) is 0 Å². The zero-order valence-electron chi connectivity index (χ0n) is 11.7. The minimum Gasteiger partial charge on any atom is -0.339 e. The average Bonchev–Trinajstić information content (AvgIpc) is 2.71. The minimum atomic E-state index is -0.154. The van der Waals surface area contributed by atoms with Crippen LogP contribution in [-0.2, 0) is 10.5 Å². The maximum absolute atomic E-state index is 12.0. The van der Waals surface area contributed by atoms with E-state index < -0.39 is 0 Å². The number of nitrogens with zero attached hydrogens (tertiary/aromatic N) is 2. The number of carbonyl (C=O) groups excluding carboxylic acids is 1. The van der Waals surface area contributed by atoms with Crippen molar-refractivity contribution in [3.05, 3.63) is 11.7 Å². The third-order valence-electron chi connectivity index (χ3n) is 3.27. The molecule has 0 amide bonds. The Bertz CT molecular complexity index is 417. The summed E-state index contributed by atoms with van der Waals surface area (Å²) in [6, 6.07) is 0. The fourth-order valence-corrected chi connectivity index (χ4v) is 3.16. The van der Waals surface area contributed by atoms with Crippen LogP contribution in [-0.4, -0.2) is 21.7 Å². The molecule has 106 valence electrons. The fourth-order valence-electron chi connectivity index (χ4n) is 2.27. The first kappa shape index (κ1) is 14.6. The van der Waals surface area contributed by atoms with Gasteiger partial charge in [-0.1, -0.05) is 31.8 Å². The summed E-state index contributed by atoms with van der Waals surface area (Å²) in [5.74, 6) is 3.89. The van der Waals surface area contributed by atoms with E-state index in [2.05, 4.69) is 24.0 Å². The number of Topliss-reactive ketones (excluding diaryl/α,β-unsaturated/α-hetero) is 1. The summed E-state index contributed by atoms with van der Waals surface area (Å²) < 4.78 is 5.29. The van der Waals surface area contributed by atoms with E-state index in [1.54, 1.807) is 0 Å². The van der Waals surface area contributed by atoms with E-state index in [0.29, 0.717) is 18.2 Å². The van der Waals surface area contributed by atoms with Crippen LogP contribution in [0.5, 0.6) is 0 Å². The highest BCUT2D eigenvalue weighted by Gasteiger charge is 2.27. The highest BCUT2D eigenvalue weighted by atomic mass is 32.2. The first-order chi connectivity index (χ1) is 9.16. The van der Waals surface area contributed by atoms with Crippen molar-refractivity contribution in [1.82, 2.24) is 10.1 Å². The number of thioether (sulfide) groups is 1. The Labute approximate surface area is 118 Å². The van der Waals surface area contributed by atoms with Crippen LogP contribution >= 0.6 is 11.8 Å². The molecule has 1 saturated carbocycles. The van der Waals surface area contributed by atoms with Crippen LogP contribution in [0.15, 0.2) is 4.52 Å². The van der Waals surface area contributed by atoms with Gasteiger partial charge in [-0.05, 0) is 24.5 Å². The average molecular weight is 282 g/mol. The summed E-state index contributed by atoms with van der Waals surface area (Å²) in [7, 11) is 0. The Morgan fingerprint density at radius 1 is 1.37 bits per heavy atom. The smallest absolute Gasteiger partial charge is 0.237 e. The number of rotatable bonds is 5. The van der Waals surface area contributed by atoms with E-state index in [9.17, 15) is 4.79 Å². The Kier molecular flexibility index (Phi) is 5.43. The number of aromatic nitrogens is 2. The second-order valence-electron chi connectivity index (χ2n) is 5.58. The lowest BCUT2D eigenvalue weighted by Gasteiger charge is -2.06. The molecule has 1 atom stereocenters. The van der Waals surface area contributed by atoms with E-state index >= 15 is 0 Å². The Hall–Kier alpha value is -0.840. The van der Waals surface area contributed by atoms with Crippen LogP contribution in [0.4, 0.5) is 0 Å². The van der Waals surface area contributed by atoms with Gasteiger partial charge in [-0.3, -0.25) is 4.79 Å². The minimum absolute atomic E-state index is 0.154. The molecule has 4 nitrogen and oxygen atoms in total. The lowest BCUT2D eigenvalue weighted by atomic mass is 9.99. The molecule has 1 unspecified atom stereocenters. The molecule has 0 radical (unpaired) electrons. The number of carbonyl (C=O) groups is 1. The zero-order chi connectivity index (χ0) is 13.7. The normalized spacial score (nSPS) is 20.8. The highest BCUT2D eigenvalue weighted by Crippen LogP contribution is 2.28. The first-order valence-corrected chi connectivity index (χ1v) is 8.25. The lowest BCUT2D eigenvalue weighted by Crippen LogP contribution is -2.10. The third-order valence-corrected chi connectivity index (χ3v) is 4.63. The molecule has 1 heterocycles. The molecule has 19 heavy (non-hydrogen) atoms. The van der Waals surface area contributed by atoms with Gasteiger partial charge in [0.2, 0.25) is 5.89 Å². The lowest BCUT2D eigenvalue weighted by molar-refractivity contribution is -0.120. The first-order valence-electron chi connectivity index (χ1n) is 7.09. The van der Waals surface area contributed by atoms with Gasteiger partial charge in [-0.2, -0.15) is 16.7 Å². The Morgan fingerprint density at radius 2 is 2.21 bits per heavy atom. The fraction of sp³-hybridized carbons (Fsp3) is 0.786. The molecule has 1 aliphatic carbocycles. The van der Waals surface area contributed by atoms with Crippen molar-refractivity contribution in [2.75, 3.05) is 5.75 Å². The maximum atomic E-state index is 12.0. The molecule has 1 aromatic heterocycles. The van der Waals surface area contributed by atoms with Crippen molar-refractivity contribution in [2.24, 2.45) is 5.92 Å². The van der Waals surface area contributed by atoms with E-state index in [1.165, 1.54) is 0 Å². The molecule has 0 aliphatic heterocycles. The Balaban J connectivity index is 1.93. The zero-order valence-corrected chi connectivity index (χ0v) is 12.5. The summed E-state index contributed by atoms with van der Waals surface area (Å²) in [4.78, 5) is 16.4. The van der Waals surface area contributed by atoms with Gasteiger partial charge in [0.05, 0.1) is 11.7 Å². The molecule has 0 N–H and O–H groups in total. The van der Waals surface area contributed by atoms with Gasteiger partial charge in [-0.25, -0.2) is 0 Å². The van der Waals surface area contributed by atoms with Gasteiger partial charge >= 0.3 is 0 Å². The molecular weight excluding hydrogens is 260 g/mol. The van der Waals surface area contributed by atoms with Crippen molar-refractivity contribution in [3.63, 3.8) is 0 Å². The molecule has 0 spiro atoms. The Morgan fingerprint density at radius 3 is 3.00 bits per heavy atom. The molecule has 1 aromatic rings. The van der Waals surface area contributed by atoms with Crippen molar-refractivity contribution < 1.29 is 9.32 Å². The predicted octanol–water partition coefficient (Wildman–Crippen LogP) is 3.58. The predicted molar refractivity (Wildman–Crippen MR) is 76.1 cm³/mol. The summed E-state index contributed by atoms with van der Waals surface area (Å²) in [5.41, 5.74) is 0. The molecular formula is C14H22N2O2S. The molecule has 0 saturated heterocycles. The van der Waals surface area contributed by atoms with E-state index in [1.807, 2.05) is 11.8 Å². The maximum Gasteiger partial charge on any atom is 0.237 e. The summed E-state index contributed by atoms with van der Waals surface area (Å²) in [6.45, 7) is 4.39. The molecule has 2 rings (SSSR count). The molecule has 5 heteroatoms. The largest absolute Gasteiger partial charge is 0.339 e. The van der Waals surface area contributed by atoms with Gasteiger partial charge in [0.1, 0.15) is 5.78 Å². The summed E-state index contributed by atoms with van der Waals surface area (Å²) in [5, 5.41) is 3.99. The van der Waals surface area contributed by atoms with Gasteiger partial charge in [-0.15, -0.1) is 0 Å². The van der Waals surface area contributed by atoms with Crippen LogP contribution in [0, 0.1) is 5.92 Å². The number of hydrogen-bond donors (Lipinski definition) is 0. The standard InChI is InChI=1S/C14H22N2O2S/c1-10(2)8-19-9-13-15-14(18-16-13)11-6-4-3-5-7-12(11)17/h10-11H,3-9H2,1-2H3. The van der Waals surface area contributed by atoms with Gasteiger partial charge in [0.15, 0.2) is 5.82 Å². The molecule has 1 fully saturated rings. The number of hydrogen-bond acceptors (Lipinski definition) is 5. The van der Waals surface area contributed by atoms with Gasteiger partial charge in [0, 0.05) is 6.42 Å². The summed E-state index contributed by atoms with van der Waals surface area (Å²) >= 11 is 1.81. The van der Waals surface area contributed by atoms with Crippen molar-refractivity contribution in [1.29, 1.82) is 0 Å². The summed E-state index contributed by atoms with van der Waals surface area (Å²) in [6.07, 6.45) is 4.73.